The number of benzene rings is 1. The van der Waals surface area contributed by atoms with Gasteiger partial charge >= 0.3 is 12.1 Å². The number of ether oxygens (including phenoxy) is 2. The van der Waals surface area contributed by atoms with Crippen molar-refractivity contribution in [2.45, 2.75) is 57.2 Å². The van der Waals surface area contributed by atoms with Crippen molar-refractivity contribution in [3.8, 4) is 5.88 Å². The number of nitrogens with zero attached hydrogens (tertiary/aromatic N) is 5. The van der Waals surface area contributed by atoms with Crippen molar-refractivity contribution < 1.29 is 32.5 Å². The average Bonchev–Trinajstić information content (AvgIpc) is 3.27. The number of pyridine rings is 2. The van der Waals surface area contributed by atoms with E-state index in [1.165, 1.54) is 18.2 Å². The van der Waals surface area contributed by atoms with E-state index in [1.807, 2.05) is 16.7 Å². The van der Waals surface area contributed by atoms with Gasteiger partial charge in [-0.15, -0.1) is 0 Å². The first-order chi connectivity index (χ1) is 20.2. The topological polar surface area (TPSA) is 103 Å². The second-order valence-electron chi connectivity index (χ2n) is 10.7. The van der Waals surface area contributed by atoms with Gasteiger partial charge in [-0.25, -0.2) is 19.7 Å². The van der Waals surface area contributed by atoms with Gasteiger partial charge in [-0.2, -0.15) is 13.2 Å². The third-order valence-electron chi connectivity index (χ3n) is 7.70. The molecule has 0 aliphatic carbocycles. The Labute approximate surface area is 239 Å². The summed E-state index contributed by atoms with van der Waals surface area (Å²) < 4.78 is 52.4. The average molecular weight is 582 g/mol. The van der Waals surface area contributed by atoms with Crippen molar-refractivity contribution in [2.24, 2.45) is 0 Å². The molecule has 1 aromatic carbocycles. The first-order valence-corrected chi connectivity index (χ1v) is 13.9. The van der Waals surface area contributed by atoms with Crippen LogP contribution in [-0.2, 0) is 30.4 Å². The Balaban J connectivity index is 1.07. The number of carboxylic acids is 1. The van der Waals surface area contributed by atoms with Crippen LogP contribution in [0.3, 0.4) is 0 Å². The number of piperidine rings is 1. The van der Waals surface area contributed by atoms with Gasteiger partial charge in [0, 0.05) is 37.9 Å². The summed E-state index contributed by atoms with van der Waals surface area (Å²) in [5.74, 6) is 0.251. The lowest BCUT2D eigenvalue weighted by Gasteiger charge is -2.32. The van der Waals surface area contributed by atoms with Crippen molar-refractivity contribution >= 4 is 17.1 Å². The molecule has 2 saturated heterocycles. The number of aromatic nitrogens is 4. The normalized spacial score (nSPS) is 18.2. The van der Waals surface area contributed by atoms with E-state index in [0.29, 0.717) is 36.6 Å². The minimum absolute atomic E-state index is 0.0141. The lowest BCUT2D eigenvalue weighted by Crippen LogP contribution is -2.39. The molecule has 9 nitrogen and oxygen atoms in total. The van der Waals surface area contributed by atoms with E-state index in [0.717, 1.165) is 68.2 Å². The zero-order chi connectivity index (χ0) is 29.3. The summed E-state index contributed by atoms with van der Waals surface area (Å²) in [4.78, 5) is 27.5. The van der Waals surface area contributed by atoms with Crippen LogP contribution in [0.1, 0.15) is 52.4 Å². The lowest BCUT2D eigenvalue weighted by atomic mass is 10.1. The SMILES string of the molecule is O=C(O)c1ccc2nc(CN3CCC(Oc4cccc(Cc5ccc(C(F)(F)F)cc5)n4)CC3)n(C[C@@H]3CCO3)c2n1. The van der Waals surface area contributed by atoms with Crippen LogP contribution in [0.5, 0.6) is 5.88 Å². The highest BCUT2D eigenvalue weighted by Gasteiger charge is 2.30. The number of likely N-dealkylation sites (tertiary alicyclic amines) is 1. The van der Waals surface area contributed by atoms with E-state index in [-0.39, 0.29) is 17.9 Å². The van der Waals surface area contributed by atoms with Crippen LogP contribution in [-0.4, -0.2) is 67.4 Å². The molecule has 42 heavy (non-hydrogen) atoms. The van der Waals surface area contributed by atoms with Gasteiger partial charge < -0.3 is 19.1 Å². The fraction of sp³-hybridized carbons (Fsp3) is 0.400. The number of alkyl halides is 3. The van der Waals surface area contributed by atoms with Crippen LogP contribution in [0.15, 0.2) is 54.6 Å². The predicted octanol–water partition coefficient (Wildman–Crippen LogP) is 4.97. The van der Waals surface area contributed by atoms with E-state index >= 15 is 0 Å². The van der Waals surface area contributed by atoms with Crippen LogP contribution in [0.25, 0.3) is 11.2 Å². The fourth-order valence-corrected chi connectivity index (χ4v) is 5.31. The lowest BCUT2D eigenvalue weighted by molar-refractivity contribution is -0.137. The molecule has 2 fully saturated rings. The molecule has 0 amide bonds. The quantitative estimate of drug-likeness (QED) is 0.296. The molecule has 6 rings (SSSR count). The number of carboxylic acid groups (broad SMARTS) is 1. The molecule has 0 bridgehead atoms. The van der Waals surface area contributed by atoms with Crippen molar-refractivity contribution in [3.63, 3.8) is 0 Å². The molecule has 2 aliphatic heterocycles. The summed E-state index contributed by atoms with van der Waals surface area (Å²) in [5.41, 5.74) is 2.00. The largest absolute Gasteiger partial charge is 0.477 e. The van der Waals surface area contributed by atoms with Crippen molar-refractivity contribution in [3.05, 3.63) is 82.9 Å². The first-order valence-electron chi connectivity index (χ1n) is 13.9. The van der Waals surface area contributed by atoms with Gasteiger partial charge in [0.25, 0.3) is 0 Å². The number of hydrogen-bond donors (Lipinski definition) is 1. The molecular weight excluding hydrogens is 551 g/mol. The maximum Gasteiger partial charge on any atom is 0.416 e. The van der Waals surface area contributed by atoms with E-state index in [4.69, 9.17) is 14.5 Å². The zero-order valence-corrected chi connectivity index (χ0v) is 22.8. The van der Waals surface area contributed by atoms with Gasteiger partial charge in [-0.05, 0) is 55.2 Å². The summed E-state index contributed by atoms with van der Waals surface area (Å²) >= 11 is 0. The van der Waals surface area contributed by atoms with E-state index in [9.17, 15) is 23.1 Å². The molecule has 4 aromatic rings. The minimum Gasteiger partial charge on any atom is -0.477 e. The summed E-state index contributed by atoms with van der Waals surface area (Å²) in [5, 5.41) is 9.41. The molecule has 220 valence electrons. The van der Waals surface area contributed by atoms with Gasteiger partial charge in [0.05, 0.1) is 24.8 Å². The maximum absolute atomic E-state index is 12.9. The zero-order valence-electron chi connectivity index (χ0n) is 22.8. The van der Waals surface area contributed by atoms with Crippen LogP contribution in [0.4, 0.5) is 13.2 Å². The van der Waals surface area contributed by atoms with Gasteiger partial charge in [-0.1, -0.05) is 18.2 Å². The monoisotopic (exact) mass is 581 g/mol. The van der Waals surface area contributed by atoms with Gasteiger partial charge in [-0.3, -0.25) is 4.90 Å². The molecule has 3 aromatic heterocycles. The molecule has 1 atom stereocenters. The highest BCUT2D eigenvalue weighted by Crippen LogP contribution is 2.29. The second kappa shape index (κ2) is 11.7. The molecule has 2 aliphatic rings. The smallest absolute Gasteiger partial charge is 0.416 e. The number of fused-ring (bicyclic) bond motifs is 1. The molecular formula is C30H30F3N5O4. The number of hydrogen-bond acceptors (Lipinski definition) is 7. The standard InChI is InChI=1S/C30H30F3N5O4/c31-30(32,33)20-6-4-19(5-7-20)16-21-2-1-3-27(34-21)42-22-10-13-37(14-11-22)18-26-35-24-8-9-25(29(39)40)36-28(24)38(26)17-23-12-15-41-23/h1-9,22-23H,10-18H2,(H,39,40)/t23-/m0/s1. The predicted molar refractivity (Wildman–Crippen MR) is 146 cm³/mol. The Morgan fingerprint density at radius 3 is 2.43 bits per heavy atom. The van der Waals surface area contributed by atoms with Gasteiger partial charge in [0.2, 0.25) is 5.88 Å². The highest BCUT2D eigenvalue weighted by atomic mass is 19.4. The molecule has 12 heteroatoms. The highest BCUT2D eigenvalue weighted by molar-refractivity contribution is 5.88. The van der Waals surface area contributed by atoms with E-state index in [2.05, 4.69) is 14.9 Å². The van der Waals surface area contributed by atoms with Gasteiger partial charge in [0.1, 0.15) is 17.4 Å². The number of halogens is 3. The Kier molecular flexibility index (Phi) is 7.82. The fourth-order valence-electron chi connectivity index (χ4n) is 5.31. The maximum atomic E-state index is 12.9. The molecule has 1 N–H and O–H groups in total. The first kappa shape index (κ1) is 28.1. The summed E-state index contributed by atoms with van der Waals surface area (Å²) in [6.07, 6.45) is -1.38. The Morgan fingerprint density at radius 2 is 1.76 bits per heavy atom. The summed E-state index contributed by atoms with van der Waals surface area (Å²) in [6, 6.07) is 13.8. The number of imidazole rings is 1. The third kappa shape index (κ3) is 6.39. The van der Waals surface area contributed by atoms with Crippen molar-refractivity contribution in [1.29, 1.82) is 0 Å². The van der Waals surface area contributed by atoms with Crippen molar-refractivity contribution in [2.75, 3.05) is 19.7 Å². The molecule has 0 saturated carbocycles. The molecule has 0 spiro atoms. The van der Waals surface area contributed by atoms with Crippen molar-refractivity contribution in [1.82, 2.24) is 24.4 Å². The van der Waals surface area contributed by atoms with Crippen LogP contribution >= 0.6 is 0 Å². The number of rotatable bonds is 9. The number of aromatic carboxylic acids is 1. The molecule has 0 radical (unpaired) electrons. The summed E-state index contributed by atoms with van der Waals surface area (Å²) in [6.45, 7) is 3.47. The van der Waals surface area contributed by atoms with Crippen LogP contribution < -0.4 is 4.74 Å². The Hall–Kier alpha value is -4.03. The van der Waals surface area contributed by atoms with E-state index < -0.39 is 17.7 Å². The molecule has 5 heterocycles. The van der Waals surface area contributed by atoms with E-state index in [1.54, 1.807) is 12.1 Å². The third-order valence-corrected chi connectivity index (χ3v) is 7.70. The van der Waals surface area contributed by atoms with Crippen LogP contribution in [0.2, 0.25) is 0 Å². The Bertz CT molecular complexity index is 1560. The minimum atomic E-state index is -4.36. The summed E-state index contributed by atoms with van der Waals surface area (Å²) in [7, 11) is 0. The van der Waals surface area contributed by atoms with Crippen LogP contribution in [0, 0.1) is 0 Å². The Morgan fingerprint density at radius 1 is 1.00 bits per heavy atom. The second-order valence-corrected chi connectivity index (χ2v) is 10.7. The van der Waals surface area contributed by atoms with Gasteiger partial charge in [0.15, 0.2) is 11.3 Å². The molecule has 0 unspecified atom stereocenters. The number of carbonyl (C=O) groups is 1.